The first-order valence-corrected chi connectivity index (χ1v) is 7.70. The fraction of sp³-hybridized carbons (Fsp3) is 0.467. The van der Waals surface area contributed by atoms with Crippen LogP contribution >= 0.6 is 11.6 Å². The van der Waals surface area contributed by atoms with Crippen molar-refractivity contribution in [1.82, 2.24) is 0 Å². The average Bonchev–Trinajstić information content (AvgIpc) is 3.03. The molecule has 1 heterocycles. The highest BCUT2D eigenvalue weighted by Gasteiger charge is 2.24. The second-order valence-electron chi connectivity index (χ2n) is 5.13. The molecule has 0 saturated carbocycles. The van der Waals surface area contributed by atoms with Crippen molar-refractivity contribution in [2.24, 2.45) is 5.73 Å². The van der Waals surface area contributed by atoms with Gasteiger partial charge in [-0.15, -0.1) is 0 Å². The molecule has 1 aliphatic rings. The van der Waals surface area contributed by atoms with E-state index in [-0.39, 0.29) is 11.8 Å². The van der Waals surface area contributed by atoms with Gasteiger partial charge in [-0.05, 0) is 44.0 Å². The van der Waals surface area contributed by atoms with Crippen molar-refractivity contribution in [2.75, 3.05) is 23.8 Å². The Morgan fingerprint density at radius 3 is 2.86 bits per heavy atom. The lowest BCUT2D eigenvalue weighted by molar-refractivity contribution is -0.124. The van der Waals surface area contributed by atoms with Gasteiger partial charge in [0.15, 0.2) is 0 Å². The van der Waals surface area contributed by atoms with Crippen LogP contribution in [0.1, 0.15) is 25.7 Å². The summed E-state index contributed by atoms with van der Waals surface area (Å²) in [5.41, 5.74) is 6.41. The number of amides is 2. The summed E-state index contributed by atoms with van der Waals surface area (Å²) in [6.07, 6.45) is 2.14. The first-order chi connectivity index (χ1) is 10.6. The van der Waals surface area contributed by atoms with Gasteiger partial charge in [0.2, 0.25) is 5.91 Å². The maximum Gasteiger partial charge on any atom is 0.253 e. The van der Waals surface area contributed by atoms with Crippen molar-refractivity contribution in [1.29, 1.82) is 0 Å². The second-order valence-corrected chi connectivity index (χ2v) is 5.53. The van der Waals surface area contributed by atoms with Crippen molar-refractivity contribution in [3.05, 3.63) is 23.2 Å². The number of carbonyl (C=O) groups excluding carboxylic acids is 2. The maximum atomic E-state index is 12.0. The van der Waals surface area contributed by atoms with Gasteiger partial charge in [-0.3, -0.25) is 9.59 Å². The van der Waals surface area contributed by atoms with Gasteiger partial charge in [-0.2, -0.15) is 0 Å². The molecule has 1 unspecified atom stereocenters. The molecule has 1 aliphatic heterocycles. The van der Waals surface area contributed by atoms with Crippen LogP contribution in [0.4, 0.5) is 11.4 Å². The van der Waals surface area contributed by atoms with Gasteiger partial charge < -0.3 is 21.1 Å². The molecule has 1 aromatic rings. The van der Waals surface area contributed by atoms with Gasteiger partial charge in [0, 0.05) is 18.7 Å². The van der Waals surface area contributed by atoms with E-state index in [9.17, 15) is 9.59 Å². The minimum absolute atomic E-state index is 0.121. The Balaban J connectivity index is 2.00. The van der Waals surface area contributed by atoms with Crippen LogP contribution in [0.3, 0.4) is 0 Å². The molecule has 22 heavy (non-hydrogen) atoms. The van der Waals surface area contributed by atoms with E-state index in [0.717, 1.165) is 6.42 Å². The third-order valence-corrected chi connectivity index (χ3v) is 3.67. The van der Waals surface area contributed by atoms with E-state index >= 15 is 0 Å². The summed E-state index contributed by atoms with van der Waals surface area (Å²) in [4.78, 5) is 23.7. The molecule has 2 amide bonds. The van der Waals surface area contributed by atoms with Crippen LogP contribution in [-0.4, -0.2) is 31.1 Å². The predicted molar refractivity (Wildman–Crippen MR) is 86.0 cm³/mol. The lowest BCUT2D eigenvalue weighted by atomic mass is 10.2. The second kappa shape index (κ2) is 8.12. The van der Waals surface area contributed by atoms with Crippen molar-refractivity contribution in [2.45, 2.75) is 31.8 Å². The Morgan fingerprint density at radius 1 is 1.36 bits per heavy atom. The van der Waals surface area contributed by atoms with Crippen LogP contribution in [0.2, 0.25) is 5.02 Å². The average molecular weight is 326 g/mol. The third kappa shape index (κ3) is 4.69. The number of ether oxygens (including phenoxy) is 1. The minimum Gasteiger partial charge on any atom is -0.368 e. The smallest absolute Gasteiger partial charge is 0.253 e. The molecule has 0 radical (unpaired) electrons. The summed E-state index contributed by atoms with van der Waals surface area (Å²) in [7, 11) is 0. The monoisotopic (exact) mass is 325 g/mol. The lowest BCUT2D eigenvalue weighted by Crippen LogP contribution is -2.27. The number of nitrogens with one attached hydrogen (secondary N) is 2. The van der Waals surface area contributed by atoms with E-state index < -0.39 is 6.10 Å². The maximum absolute atomic E-state index is 12.0. The number of nitrogens with two attached hydrogens (primary N) is 1. The van der Waals surface area contributed by atoms with Crippen molar-refractivity contribution >= 4 is 34.8 Å². The minimum atomic E-state index is -0.432. The molecule has 6 nitrogen and oxygen atoms in total. The van der Waals surface area contributed by atoms with Crippen LogP contribution in [0.25, 0.3) is 0 Å². The Labute approximate surface area is 134 Å². The zero-order valence-corrected chi connectivity index (χ0v) is 13.0. The topological polar surface area (TPSA) is 93.5 Å². The van der Waals surface area contributed by atoms with Gasteiger partial charge >= 0.3 is 0 Å². The Bertz CT molecular complexity index is 545. The molecule has 1 aromatic carbocycles. The summed E-state index contributed by atoms with van der Waals surface area (Å²) < 4.78 is 5.33. The van der Waals surface area contributed by atoms with Crippen molar-refractivity contribution in [3.63, 3.8) is 0 Å². The van der Waals surface area contributed by atoms with Crippen molar-refractivity contribution in [3.8, 4) is 0 Å². The van der Waals surface area contributed by atoms with E-state index in [2.05, 4.69) is 10.6 Å². The largest absolute Gasteiger partial charge is 0.368 e. The van der Waals surface area contributed by atoms with Crippen LogP contribution in [0, 0.1) is 0 Å². The Hall–Kier alpha value is -1.63. The molecule has 1 atom stereocenters. The number of halogens is 1. The number of benzene rings is 1. The fourth-order valence-electron chi connectivity index (χ4n) is 2.18. The number of anilines is 2. The van der Waals surface area contributed by atoms with E-state index in [0.29, 0.717) is 48.8 Å². The number of hydrogen-bond donors (Lipinski definition) is 3. The lowest BCUT2D eigenvalue weighted by Gasteiger charge is -2.13. The summed E-state index contributed by atoms with van der Waals surface area (Å²) in [5.74, 6) is -0.338. The van der Waals surface area contributed by atoms with Crippen LogP contribution in [-0.2, 0) is 14.3 Å². The number of rotatable bonds is 6. The molecular formula is C15H20ClN3O3. The van der Waals surface area contributed by atoms with E-state index in [1.165, 1.54) is 0 Å². The summed E-state index contributed by atoms with van der Waals surface area (Å²) in [6, 6.07) is 4.95. The van der Waals surface area contributed by atoms with Crippen LogP contribution < -0.4 is 16.4 Å². The van der Waals surface area contributed by atoms with Gasteiger partial charge in [-0.25, -0.2) is 0 Å². The molecule has 0 bridgehead atoms. The molecule has 120 valence electrons. The van der Waals surface area contributed by atoms with E-state index in [1.807, 2.05) is 0 Å². The third-order valence-electron chi connectivity index (χ3n) is 3.34. The normalized spacial score (nSPS) is 17.3. The van der Waals surface area contributed by atoms with Crippen LogP contribution in [0.15, 0.2) is 18.2 Å². The standard InChI is InChI=1S/C15H20ClN3O3/c16-11-6-5-10(18-14(20)4-1-7-17)9-12(11)19-15(21)13-3-2-8-22-13/h5-6,9,13H,1-4,7-8,17H2,(H,18,20)(H,19,21). The quantitative estimate of drug-likeness (QED) is 0.747. The molecule has 7 heteroatoms. The molecule has 2 rings (SSSR count). The first-order valence-electron chi connectivity index (χ1n) is 7.32. The highest BCUT2D eigenvalue weighted by atomic mass is 35.5. The zero-order chi connectivity index (χ0) is 15.9. The van der Waals surface area contributed by atoms with Gasteiger partial charge in [0.25, 0.3) is 5.91 Å². The summed E-state index contributed by atoms with van der Waals surface area (Å²) in [6.45, 7) is 1.07. The summed E-state index contributed by atoms with van der Waals surface area (Å²) >= 11 is 6.08. The Morgan fingerprint density at radius 2 is 2.18 bits per heavy atom. The summed E-state index contributed by atoms with van der Waals surface area (Å²) in [5, 5.41) is 5.90. The van der Waals surface area contributed by atoms with Gasteiger partial charge in [0.05, 0.1) is 10.7 Å². The molecular weight excluding hydrogens is 306 g/mol. The SMILES string of the molecule is NCCCC(=O)Nc1ccc(Cl)c(NC(=O)C2CCCO2)c1. The number of hydrogen-bond acceptors (Lipinski definition) is 4. The molecule has 0 aromatic heterocycles. The molecule has 0 spiro atoms. The van der Waals surface area contributed by atoms with Gasteiger partial charge in [-0.1, -0.05) is 11.6 Å². The molecule has 1 saturated heterocycles. The first kappa shape index (κ1) is 16.7. The molecule has 0 aliphatic carbocycles. The predicted octanol–water partition coefficient (Wildman–Crippen LogP) is 2.13. The zero-order valence-electron chi connectivity index (χ0n) is 12.2. The van der Waals surface area contributed by atoms with Crippen LogP contribution in [0.5, 0.6) is 0 Å². The van der Waals surface area contributed by atoms with Crippen molar-refractivity contribution < 1.29 is 14.3 Å². The van der Waals surface area contributed by atoms with Gasteiger partial charge in [0.1, 0.15) is 6.10 Å². The number of carbonyl (C=O) groups is 2. The fourth-order valence-corrected chi connectivity index (χ4v) is 2.35. The van der Waals surface area contributed by atoms with E-state index in [1.54, 1.807) is 18.2 Å². The Kier molecular flexibility index (Phi) is 6.18. The molecule has 4 N–H and O–H groups in total. The highest BCUT2D eigenvalue weighted by Crippen LogP contribution is 2.26. The molecule has 1 fully saturated rings. The van der Waals surface area contributed by atoms with E-state index in [4.69, 9.17) is 22.1 Å². The highest BCUT2D eigenvalue weighted by molar-refractivity contribution is 6.34.